The molecular weight excluding hydrogens is 1570 g/mol. The summed E-state index contributed by atoms with van der Waals surface area (Å²) in [4.78, 5) is 91.1. The SMILES string of the molecule is CC.CC.CC.CC.CC.CC.CC.CC.Cn1c(C#CC2CCC(C#CC3CCCCC3)CC2)nc2c(=O)[nH]c(=O)[nH]c21.Cn1c(C#CC2CCC(C#CC3CCCCC3)CC2)nc2c(=O)[nH]c(N)nc21.Cn1c(C#CC2CCC(C#CC3CCCCC3)CC2)nc2c(=O)[nH]cnc21.Cn1c(C#CC2CCC(C#CC3CCCCC3)CC2)nc2c(N)ncnc21. The largest absolute Gasteiger partial charge is 0.382 e. The van der Waals surface area contributed by atoms with E-state index in [1.165, 1.54) is 154 Å². The summed E-state index contributed by atoms with van der Waals surface area (Å²) in [7, 11) is 7.34. The fourth-order valence-electron chi connectivity index (χ4n) is 16.8. The van der Waals surface area contributed by atoms with Gasteiger partial charge in [-0.05, 0) is 178 Å². The molecule has 8 aromatic rings. The van der Waals surface area contributed by atoms with E-state index >= 15 is 0 Å². The second kappa shape index (κ2) is 59.4. The topological polar surface area (TPSA) is 306 Å². The number of hydrogen-bond donors (Lipinski definition) is 6. The van der Waals surface area contributed by atoms with Gasteiger partial charge in [0, 0.05) is 99.2 Å². The molecule has 0 atom stereocenters. The van der Waals surface area contributed by atoms with Gasteiger partial charge in [-0.3, -0.25) is 29.3 Å². The van der Waals surface area contributed by atoms with Crippen LogP contribution in [0.15, 0.2) is 31.8 Å². The molecule has 0 spiro atoms. The minimum atomic E-state index is -0.535. The van der Waals surface area contributed by atoms with Crippen LogP contribution in [0.25, 0.3) is 44.7 Å². The first-order valence-corrected chi connectivity index (χ1v) is 49.0. The van der Waals surface area contributed by atoms with E-state index in [1.54, 1.807) is 20.7 Å². The molecule has 0 aromatic carbocycles. The summed E-state index contributed by atoms with van der Waals surface area (Å²) in [5.74, 6) is 63.6. The number of nitrogens with zero attached hydrogens (tertiary/aromatic N) is 12. The van der Waals surface area contributed by atoms with Gasteiger partial charge in [0.1, 0.15) is 12.0 Å². The summed E-state index contributed by atoms with van der Waals surface area (Å²) in [6.07, 6.45) is 47.3. The highest BCUT2D eigenvalue weighted by Crippen LogP contribution is 2.34. The molecule has 0 unspecified atom stereocenters. The second-order valence-electron chi connectivity index (χ2n) is 31.8. The Bertz CT molecular complexity index is 5360. The van der Waals surface area contributed by atoms with E-state index in [9.17, 15) is 19.2 Å². The molecule has 8 aliphatic rings. The van der Waals surface area contributed by atoms with E-state index in [2.05, 4.69) is 155 Å². The van der Waals surface area contributed by atoms with Gasteiger partial charge in [-0.15, -0.1) is 0 Å². The molecule has 8 aliphatic carbocycles. The number of rotatable bonds is 0. The summed E-state index contributed by atoms with van der Waals surface area (Å²) >= 11 is 0. The Labute approximate surface area is 755 Å². The van der Waals surface area contributed by atoms with Gasteiger partial charge >= 0.3 is 5.69 Å². The Hall–Kier alpha value is -10.5. The molecule has 0 amide bonds. The normalized spacial score (nSPS) is 20.5. The van der Waals surface area contributed by atoms with Gasteiger partial charge in [-0.25, -0.2) is 39.7 Å². The number of aryl methyl sites for hydroxylation is 4. The number of H-pyrrole nitrogens is 4. The highest BCUT2D eigenvalue weighted by molar-refractivity contribution is 5.82. The number of aromatic nitrogens is 16. The molecule has 0 saturated heterocycles. The van der Waals surface area contributed by atoms with Crippen LogP contribution in [0.4, 0.5) is 11.8 Å². The lowest BCUT2D eigenvalue weighted by molar-refractivity contribution is 0.371. The summed E-state index contributed by atoms with van der Waals surface area (Å²) in [6, 6.07) is 0. The molecule has 8 fully saturated rings. The van der Waals surface area contributed by atoms with Crippen molar-refractivity contribution in [3.63, 3.8) is 0 Å². The summed E-state index contributed by atoms with van der Waals surface area (Å²) in [6.45, 7) is 32.0. The van der Waals surface area contributed by atoms with Crippen molar-refractivity contribution >= 4 is 56.4 Å². The maximum absolute atomic E-state index is 12.0. The molecule has 8 N–H and O–H groups in total. The van der Waals surface area contributed by atoms with Crippen molar-refractivity contribution < 1.29 is 0 Å². The van der Waals surface area contributed by atoms with Gasteiger partial charge in [0.25, 0.3) is 16.7 Å². The number of aromatic amines is 4. The van der Waals surface area contributed by atoms with Crippen molar-refractivity contribution in [3.05, 3.63) is 77.5 Å². The maximum atomic E-state index is 12.0. The first kappa shape index (κ1) is 106. The number of fused-ring (bicyclic) bond motifs is 4. The molecule has 0 bridgehead atoms. The molecule has 8 saturated carbocycles. The van der Waals surface area contributed by atoms with Crippen LogP contribution < -0.4 is 33.8 Å². The van der Waals surface area contributed by atoms with Crippen LogP contribution in [0.2, 0.25) is 0 Å². The van der Waals surface area contributed by atoms with Crippen LogP contribution in [0.1, 0.15) is 365 Å². The van der Waals surface area contributed by atoms with Crippen molar-refractivity contribution in [2.24, 2.45) is 99.2 Å². The number of nitrogens with two attached hydrogens (primary N) is 2. The van der Waals surface area contributed by atoms with Gasteiger partial charge < -0.3 is 34.7 Å². The molecular formula is C104H154N18O4. The van der Waals surface area contributed by atoms with E-state index in [-0.39, 0.29) is 28.1 Å². The minimum Gasteiger partial charge on any atom is -0.382 e. The fourth-order valence-corrected chi connectivity index (χ4v) is 16.8. The summed E-state index contributed by atoms with van der Waals surface area (Å²) < 4.78 is 7.08. The standard InChI is InChI=1S/C22H27N5O.C22H27N5.C22H26N4O2.C22H26N4O.8C2H6/c1-27-18(24-19-20(27)25-22(23)26-21(19)28)14-13-17-11-9-16(10-12-17)8-7-15-5-3-2-4-6-15;1-27-19(26-20-21(23)24-15-25-22(20)27)14-13-18-11-9-17(10-12-18)8-7-16-5-3-2-4-6-16;1-26-18(23-19-20(26)24-22(28)25-21(19)27)14-13-17-11-9-16(10-12-17)8-7-15-5-3-2-4-6-15;1-26-19(25-20-21(26)23-15-24-22(20)27)14-13-18-11-9-17(10-12-18)8-7-16-5-3-2-4-6-16;8*1-2/h15-17H,2-6,9-12H2,1H3,(H3,23,25,26,28);15-18H,2-6,9-12H2,1H3,(H2,23,24,25);15-17H,2-6,9-12H2,1H3,(H2,24,25,27,28);15-18H,2-6,9-12H2,1H3,(H,23,24,27);8*1-2H3. The number of imidazole rings is 4. The molecule has 8 heterocycles. The number of nitrogens with one attached hydrogen (secondary N) is 4. The number of anilines is 2. The van der Waals surface area contributed by atoms with Crippen LogP contribution >= 0.6 is 0 Å². The smallest absolute Gasteiger partial charge is 0.327 e. The van der Waals surface area contributed by atoms with Gasteiger partial charge in [-0.1, -0.05) is 259 Å². The molecule has 22 nitrogen and oxygen atoms in total. The van der Waals surface area contributed by atoms with Crippen molar-refractivity contribution in [3.8, 4) is 94.7 Å². The molecule has 0 aliphatic heterocycles. The molecule has 22 heteroatoms. The summed E-state index contributed by atoms with van der Waals surface area (Å²) in [5.41, 5.74) is 13.6. The zero-order valence-electron chi connectivity index (χ0n) is 80.7. The van der Waals surface area contributed by atoms with Crippen LogP contribution in [-0.2, 0) is 28.2 Å². The van der Waals surface area contributed by atoms with Crippen LogP contribution in [0.5, 0.6) is 0 Å². The lowest BCUT2D eigenvalue weighted by Crippen LogP contribution is -2.22. The van der Waals surface area contributed by atoms with Crippen molar-refractivity contribution in [2.75, 3.05) is 11.5 Å². The number of nitrogen functional groups attached to an aromatic ring is 2. The van der Waals surface area contributed by atoms with Gasteiger partial charge in [-0.2, -0.15) is 4.98 Å². The van der Waals surface area contributed by atoms with Crippen molar-refractivity contribution in [1.29, 1.82) is 0 Å². The lowest BCUT2D eigenvalue weighted by Gasteiger charge is -2.22. The van der Waals surface area contributed by atoms with E-state index < -0.39 is 11.2 Å². The van der Waals surface area contributed by atoms with E-state index in [1.807, 2.05) is 136 Å². The third kappa shape index (κ3) is 32.7. The molecule has 8 aromatic heterocycles. The zero-order valence-corrected chi connectivity index (χ0v) is 80.7. The predicted octanol–water partition coefficient (Wildman–Crippen LogP) is 21.0. The molecule has 684 valence electrons. The van der Waals surface area contributed by atoms with Crippen molar-refractivity contribution in [2.45, 2.75) is 342 Å². The van der Waals surface area contributed by atoms with Gasteiger partial charge in [0.15, 0.2) is 68.1 Å². The average molecular weight is 1720 g/mol. The van der Waals surface area contributed by atoms with Gasteiger partial charge in [0.05, 0.1) is 6.33 Å². The third-order valence-corrected chi connectivity index (χ3v) is 23.7. The molecule has 126 heavy (non-hydrogen) atoms. The maximum Gasteiger partial charge on any atom is 0.327 e. The highest BCUT2D eigenvalue weighted by Gasteiger charge is 2.25. The van der Waals surface area contributed by atoms with Crippen molar-refractivity contribution in [1.82, 2.24) is 78.1 Å². The third-order valence-electron chi connectivity index (χ3n) is 23.7. The van der Waals surface area contributed by atoms with Crippen LogP contribution in [0.3, 0.4) is 0 Å². The summed E-state index contributed by atoms with van der Waals surface area (Å²) in [5, 5.41) is 0. The predicted molar refractivity (Wildman–Crippen MR) is 523 cm³/mol. The molecule has 0 radical (unpaired) electrons. The van der Waals surface area contributed by atoms with E-state index in [4.69, 9.17) is 11.5 Å². The number of hydrogen-bond acceptors (Lipinski definition) is 14. The monoisotopic (exact) mass is 1720 g/mol. The Kier molecular flexibility index (Phi) is 50.0. The first-order chi connectivity index (χ1) is 61.6. The average Bonchev–Trinajstić information content (AvgIpc) is 1.68. The molecule has 16 rings (SSSR count). The Morgan fingerprint density at radius 1 is 0.278 bits per heavy atom. The zero-order chi connectivity index (χ0) is 92.3. The van der Waals surface area contributed by atoms with Gasteiger partial charge in [0.2, 0.25) is 5.95 Å². The second-order valence-corrected chi connectivity index (χ2v) is 31.8. The van der Waals surface area contributed by atoms with Crippen LogP contribution in [0, 0.1) is 166 Å². The highest BCUT2D eigenvalue weighted by atomic mass is 16.2. The van der Waals surface area contributed by atoms with E-state index in [0.717, 1.165) is 95.5 Å². The quantitative estimate of drug-likeness (QED) is 0.0770. The Balaban J connectivity index is 0.000000282. The first-order valence-electron chi connectivity index (χ1n) is 49.0. The van der Waals surface area contributed by atoms with E-state index in [0.29, 0.717) is 128 Å². The lowest BCUT2D eigenvalue weighted by atomic mass is 9.82. The Morgan fingerprint density at radius 2 is 0.540 bits per heavy atom. The minimum absolute atomic E-state index is 0.0904. The fraction of sp³-hybridized carbons (Fsp3) is 0.654. The van der Waals surface area contributed by atoms with Crippen LogP contribution in [-0.4, -0.2) is 78.1 Å². The Morgan fingerprint density at radius 3 is 0.857 bits per heavy atom.